The molecule has 0 aliphatic heterocycles. The van der Waals surface area contributed by atoms with E-state index in [9.17, 15) is 4.79 Å². The molecule has 0 aliphatic carbocycles. The van der Waals surface area contributed by atoms with Gasteiger partial charge in [-0.05, 0) is 12.0 Å². The van der Waals surface area contributed by atoms with E-state index in [1.54, 1.807) is 11.3 Å². The molecular weight excluding hydrogens is 342 g/mol. The van der Waals surface area contributed by atoms with Crippen molar-refractivity contribution in [1.29, 1.82) is 0 Å². The highest BCUT2D eigenvalue weighted by molar-refractivity contribution is 7.15. The monoisotopic (exact) mass is 361 g/mol. The predicted octanol–water partition coefficient (Wildman–Crippen LogP) is 4.31. The van der Waals surface area contributed by atoms with Gasteiger partial charge in [0.05, 0.1) is 5.69 Å². The fourth-order valence-electron chi connectivity index (χ4n) is 2.88. The standard InChI is InChI=1S/C21H19N3OS/c25-20(22-13-16-7-3-1-4-8-16)12-11-18-15-26-21-23-19(14-24(18)21)17-9-5-2-6-10-17/h1-10,14-15H,11-13H2,(H,22,25). The Balaban J connectivity index is 1.39. The van der Waals surface area contributed by atoms with Gasteiger partial charge in [0.1, 0.15) is 0 Å². The number of carbonyl (C=O) groups excluding carboxylic acids is 1. The van der Waals surface area contributed by atoms with E-state index in [-0.39, 0.29) is 5.91 Å². The number of carbonyl (C=O) groups is 1. The number of hydrogen-bond acceptors (Lipinski definition) is 3. The van der Waals surface area contributed by atoms with Crippen LogP contribution in [0.15, 0.2) is 72.2 Å². The minimum absolute atomic E-state index is 0.0663. The van der Waals surface area contributed by atoms with Crippen LogP contribution in [-0.4, -0.2) is 15.3 Å². The van der Waals surface area contributed by atoms with Crippen LogP contribution in [0.5, 0.6) is 0 Å². The van der Waals surface area contributed by atoms with Crippen molar-refractivity contribution in [2.75, 3.05) is 0 Å². The fraction of sp³-hybridized carbons (Fsp3) is 0.143. The Labute approximate surface area is 156 Å². The summed E-state index contributed by atoms with van der Waals surface area (Å²) in [7, 11) is 0. The Kier molecular flexibility index (Phi) is 4.80. The van der Waals surface area contributed by atoms with Crippen molar-refractivity contribution in [2.45, 2.75) is 19.4 Å². The van der Waals surface area contributed by atoms with Gasteiger partial charge in [-0.15, -0.1) is 11.3 Å². The van der Waals surface area contributed by atoms with Crippen LogP contribution in [0.4, 0.5) is 0 Å². The summed E-state index contributed by atoms with van der Waals surface area (Å²) in [5, 5.41) is 5.06. The van der Waals surface area contributed by atoms with E-state index in [4.69, 9.17) is 0 Å². The van der Waals surface area contributed by atoms with Crippen LogP contribution in [-0.2, 0) is 17.8 Å². The zero-order chi connectivity index (χ0) is 17.8. The molecule has 0 radical (unpaired) electrons. The molecule has 4 nitrogen and oxygen atoms in total. The van der Waals surface area contributed by atoms with Crippen LogP contribution in [0.25, 0.3) is 16.2 Å². The molecule has 4 aromatic rings. The molecule has 2 aromatic carbocycles. The summed E-state index contributed by atoms with van der Waals surface area (Å²) in [4.78, 5) is 17.8. The number of benzene rings is 2. The lowest BCUT2D eigenvalue weighted by Gasteiger charge is -2.05. The molecule has 2 heterocycles. The Morgan fingerprint density at radius 1 is 1.04 bits per heavy atom. The zero-order valence-electron chi connectivity index (χ0n) is 14.3. The first-order valence-electron chi connectivity index (χ1n) is 8.61. The molecule has 2 aromatic heterocycles. The normalized spacial score (nSPS) is 10.9. The minimum atomic E-state index is 0.0663. The summed E-state index contributed by atoms with van der Waals surface area (Å²) in [5.41, 5.74) is 4.30. The molecule has 0 fully saturated rings. The number of hydrogen-bond donors (Lipinski definition) is 1. The molecule has 0 atom stereocenters. The molecule has 0 saturated carbocycles. The first kappa shape index (κ1) is 16.5. The second-order valence-corrected chi connectivity index (χ2v) is 6.97. The van der Waals surface area contributed by atoms with Crippen LogP contribution >= 0.6 is 11.3 Å². The number of fused-ring (bicyclic) bond motifs is 1. The first-order valence-corrected chi connectivity index (χ1v) is 9.49. The van der Waals surface area contributed by atoms with Gasteiger partial charge < -0.3 is 5.32 Å². The molecule has 4 rings (SSSR count). The summed E-state index contributed by atoms with van der Waals surface area (Å²) in [6.07, 6.45) is 3.22. The molecule has 26 heavy (non-hydrogen) atoms. The number of thiazole rings is 1. The second-order valence-electron chi connectivity index (χ2n) is 6.13. The second kappa shape index (κ2) is 7.54. The summed E-state index contributed by atoms with van der Waals surface area (Å²) in [6.45, 7) is 0.571. The largest absolute Gasteiger partial charge is 0.352 e. The van der Waals surface area contributed by atoms with Crippen molar-refractivity contribution in [1.82, 2.24) is 14.7 Å². The summed E-state index contributed by atoms with van der Waals surface area (Å²) in [5.74, 6) is 0.0663. The number of nitrogens with one attached hydrogen (secondary N) is 1. The van der Waals surface area contributed by atoms with E-state index in [0.717, 1.165) is 27.5 Å². The number of rotatable bonds is 6. The minimum Gasteiger partial charge on any atom is -0.352 e. The van der Waals surface area contributed by atoms with E-state index in [2.05, 4.69) is 38.4 Å². The number of aromatic nitrogens is 2. The molecule has 1 amide bonds. The van der Waals surface area contributed by atoms with Crippen molar-refractivity contribution in [3.63, 3.8) is 0 Å². The molecule has 0 unspecified atom stereocenters. The van der Waals surface area contributed by atoms with Gasteiger partial charge in [0.2, 0.25) is 5.91 Å². The third-order valence-corrected chi connectivity index (χ3v) is 5.18. The highest BCUT2D eigenvalue weighted by atomic mass is 32.1. The molecule has 0 bridgehead atoms. The summed E-state index contributed by atoms with van der Waals surface area (Å²) >= 11 is 1.61. The highest BCUT2D eigenvalue weighted by Gasteiger charge is 2.11. The van der Waals surface area contributed by atoms with Gasteiger partial charge in [0.25, 0.3) is 0 Å². The molecular formula is C21H19N3OS. The summed E-state index contributed by atoms with van der Waals surface area (Å²) < 4.78 is 2.09. The average molecular weight is 361 g/mol. The predicted molar refractivity (Wildman–Crippen MR) is 105 cm³/mol. The van der Waals surface area contributed by atoms with Gasteiger partial charge in [-0.3, -0.25) is 9.20 Å². The van der Waals surface area contributed by atoms with Crippen LogP contribution in [0.3, 0.4) is 0 Å². The Bertz CT molecular complexity index is 1010. The van der Waals surface area contributed by atoms with Gasteiger partial charge in [-0.1, -0.05) is 60.7 Å². The smallest absolute Gasteiger partial charge is 0.220 e. The lowest BCUT2D eigenvalue weighted by atomic mass is 10.2. The topological polar surface area (TPSA) is 46.4 Å². The van der Waals surface area contributed by atoms with E-state index in [0.29, 0.717) is 19.4 Å². The van der Waals surface area contributed by atoms with Gasteiger partial charge in [-0.2, -0.15) is 0 Å². The third-order valence-electron chi connectivity index (χ3n) is 4.29. The van der Waals surface area contributed by atoms with Crippen molar-refractivity contribution in [3.8, 4) is 11.3 Å². The quantitative estimate of drug-likeness (QED) is 0.556. The van der Waals surface area contributed by atoms with Crippen LogP contribution < -0.4 is 5.32 Å². The van der Waals surface area contributed by atoms with Crippen LogP contribution in [0, 0.1) is 0 Å². The van der Waals surface area contributed by atoms with Gasteiger partial charge in [0, 0.05) is 35.8 Å². The Hall–Kier alpha value is -2.92. The number of nitrogens with zero attached hydrogens (tertiary/aromatic N) is 2. The van der Waals surface area contributed by atoms with Crippen molar-refractivity contribution in [2.24, 2.45) is 0 Å². The lowest BCUT2D eigenvalue weighted by molar-refractivity contribution is -0.121. The third kappa shape index (κ3) is 3.68. The number of amides is 1. The molecule has 0 aliphatic rings. The van der Waals surface area contributed by atoms with Crippen LogP contribution in [0.1, 0.15) is 17.7 Å². The van der Waals surface area contributed by atoms with Gasteiger partial charge in [-0.25, -0.2) is 4.98 Å². The summed E-state index contributed by atoms with van der Waals surface area (Å²) in [6, 6.07) is 20.1. The Morgan fingerprint density at radius 3 is 2.54 bits per heavy atom. The van der Waals surface area contributed by atoms with Crippen molar-refractivity contribution >= 4 is 22.2 Å². The molecule has 0 spiro atoms. The Morgan fingerprint density at radius 2 is 1.77 bits per heavy atom. The van der Waals surface area contributed by atoms with Crippen LogP contribution in [0.2, 0.25) is 0 Å². The lowest BCUT2D eigenvalue weighted by Crippen LogP contribution is -2.23. The van der Waals surface area contributed by atoms with E-state index >= 15 is 0 Å². The molecule has 0 saturated heterocycles. The van der Waals surface area contributed by atoms with Gasteiger partial charge >= 0.3 is 0 Å². The van der Waals surface area contributed by atoms with Crippen molar-refractivity contribution in [3.05, 3.63) is 83.5 Å². The molecule has 5 heteroatoms. The van der Waals surface area contributed by atoms with E-state index in [1.807, 2.05) is 48.5 Å². The maximum atomic E-state index is 12.1. The zero-order valence-corrected chi connectivity index (χ0v) is 15.1. The average Bonchev–Trinajstić information content (AvgIpc) is 3.27. The number of aryl methyl sites for hydroxylation is 1. The first-order chi connectivity index (χ1) is 12.8. The van der Waals surface area contributed by atoms with E-state index < -0.39 is 0 Å². The number of imidazole rings is 1. The highest BCUT2D eigenvalue weighted by Crippen LogP contribution is 2.24. The SMILES string of the molecule is O=C(CCc1csc2nc(-c3ccccc3)cn12)NCc1ccccc1. The fourth-order valence-corrected chi connectivity index (χ4v) is 3.79. The van der Waals surface area contributed by atoms with Crippen molar-refractivity contribution < 1.29 is 4.79 Å². The molecule has 130 valence electrons. The maximum Gasteiger partial charge on any atom is 0.220 e. The molecule has 1 N–H and O–H groups in total. The maximum absolute atomic E-state index is 12.1. The van der Waals surface area contributed by atoms with E-state index in [1.165, 1.54) is 0 Å². The van der Waals surface area contributed by atoms with Gasteiger partial charge in [0.15, 0.2) is 4.96 Å².